The van der Waals surface area contributed by atoms with Crippen molar-refractivity contribution in [3.63, 3.8) is 0 Å². The van der Waals surface area contributed by atoms with Crippen molar-refractivity contribution >= 4 is 26.5 Å². The second-order valence-corrected chi connectivity index (χ2v) is 7.49. The van der Waals surface area contributed by atoms with Gasteiger partial charge in [0, 0.05) is 6.54 Å². The van der Waals surface area contributed by atoms with Gasteiger partial charge in [-0.1, -0.05) is 30.6 Å². The highest BCUT2D eigenvalue weighted by atomic mass is 32.2. The quantitative estimate of drug-likeness (QED) is 0.764. The number of hydrogen-bond acceptors (Lipinski definition) is 6. The summed E-state index contributed by atoms with van der Waals surface area (Å²) in [4.78, 5) is 3.94. The number of aromatic nitrogens is 1. The van der Waals surface area contributed by atoms with E-state index in [1.54, 1.807) is 0 Å². The first kappa shape index (κ1) is 13.7. The van der Waals surface area contributed by atoms with E-state index in [2.05, 4.69) is 10.3 Å². The van der Waals surface area contributed by atoms with Crippen LogP contribution >= 0.6 is 11.3 Å². The van der Waals surface area contributed by atoms with Gasteiger partial charge >= 0.3 is 0 Å². The van der Waals surface area contributed by atoms with Crippen LogP contribution in [0.5, 0.6) is 0 Å². The molecule has 0 radical (unpaired) electrons. The molecule has 0 bridgehead atoms. The molecule has 1 aromatic rings. The first-order valence-electron chi connectivity index (χ1n) is 5.84. The molecule has 102 valence electrons. The summed E-state index contributed by atoms with van der Waals surface area (Å²) in [6, 6.07) is 0. The van der Waals surface area contributed by atoms with Gasteiger partial charge < -0.3 is 10.4 Å². The van der Waals surface area contributed by atoms with Gasteiger partial charge in [0.05, 0.1) is 11.8 Å². The lowest BCUT2D eigenvalue weighted by molar-refractivity contribution is 0.0167. The Morgan fingerprint density at radius 2 is 2.11 bits per heavy atom. The Kier molecular flexibility index (Phi) is 3.90. The molecule has 1 heterocycles. The fourth-order valence-corrected chi connectivity index (χ4v) is 3.55. The van der Waals surface area contributed by atoms with Crippen molar-refractivity contribution in [1.82, 2.24) is 4.98 Å². The Balaban J connectivity index is 1.96. The maximum absolute atomic E-state index is 11.1. The third kappa shape index (κ3) is 3.41. The summed E-state index contributed by atoms with van der Waals surface area (Å²) in [6.45, 7) is 0.393. The molecule has 18 heavy (non-hydrogen) atoms. The van der Waals surface area contributed by atoms with Gasteiger partial charge in [0.2, 0.25) is 10.0 Å². The number of thiazole rings is 1. The Morgan fingerprint density at radius 1 is 1.44 bits per heavy atom. The van der Waals surface area contributed by atoms with Crippen LogP contribution in [0.3, 0.4) is 0 Å². The van der Waals surface area contributed by atoms with Gasteiger partial charge in [-0.25, -0.2) is 18.5 Å². The highest BCUT2D eigenvalue weighted by Crippen LogP contribution is 2.29. The minimum atomic E-state index is -3.69. The average molecular weight is 291 g/mol. The van der Waals surface area contributed by atoms with Crippen LogP contribution in [0.4, 0.5) is 5.13 Å². The van der Waals surface area contributed by atoms with E-state index < -0.39 is 15.6 Å². The van der Waals surface area contributed by atoms with E-state index in [9.17, 15) is 13.5 Å². The summed E-state index contributed by atoms with van der Waals surface area (Å²) in [7, 11) is -3.69. The van der Waals surface area contributed by atoms with Gasteiger partial charge in [-0.15, -0.1) is 0 Å². The summed E-state index contributed by atoms with van der Waals surface area (Å²) in [6.07, 6.45) is 5.99. The van der Waals surface area contributed by atoms with Crippen molar-refractivity contribution in [3.8, 4) is 0 Å². The van der Waals surface area contributed by atoms with Gasteiger partial charge in [0.15, 0.2) is 9.34 Å². The topological polar surface area (TPSA) is 105 Å². The largest absolute Gasteiger partial charge is 0.388 e. The Hall–Kier alpha value is -0.700. The second kappa shape index (κ2) is 5.12. The van der Waals surface area contributed by atoms with Crippen LogP contribution in [0.25, 0.3) is 0 Å². The van der Waals surface area contributed by atoms with E-state index in [1.807, 2.05) is 0 Å². The number of primary sulfonamides is 1. The van der Waals surface area contributed by atoms with Crippen molar-refractivity contribution < 1.29 is 13.5 Å². The monoisotopic (exact) mass is 291 g/mol. The number of rotatable bonds is 4. The molecule has 1 aliphatic carbocycles. The highest BCUT2D eigenvalue weighted by molar-refractivity contribution is 7.91. The summed E-state index contributed by atoms with van der Waals surface area (Å²) >= 11 is 0.981. The standard InChI is InChI=1S/C10H17N3O3S2/c11-18(15,16)8-6-12-9(17-8)13-7-10(14)4-2-1-3-5-10/h6,14H,1-5,7H2,(H,12,13)(H2,11,15,16). The summed E-state index contributed by atoms with van der Waals surface area (Å²) in [5, 5.41) is 18.7. The predicted molar refractivity (Wildman–Crippen MR) is 70.0 cm³/mol. The Labute approximate surface area is 110 Å². The van der Waals surface area contributed by atoms with Crippen molar-refractivity contribution in [2.75, 3.05) is 11.9 Å². The van der Waals surface area contributed by atoms with Gasteiger partial charge in [-0.2, -0.15) is 0 Å². The molecular formula is C10H17N3O3S2. The molecule has 0 aliphatic heterocycles. The van der Waals surface area contributed by atoms with Crippen LogP contribution < -0.4 is 10.5 Å². The molecule has 1 aromatic heterocycles. The van der Waals surface area contributed by atoms with Crippen molar-refractivity contribution in [2.45, 2.75) is 41.9 Å². The maximum atomic E-state index is 11.1. The third-order valence-corrected chi connectivity index (χ3v) is 5.48. The van der Waals surface area contributed by atoms with E-state index in [4.69, 9.17) is 5.14 Å². The SMILES string of the molecule is NS(=O)(=O)c1cnc(NCC2(O)CCCCC2)s1. The Morgan fingerprint density at radius 3 is 2.67 bits per heavy atom. The molecule has 1 saturated carbocycles. The average Bonchev–Trinajstić information content (AvgIpc) is 2.76. The third-order valence-electron chi connectivity index (χ3n) is 3.12. The first-order chi connectivity index (χ1) is 8.39. The molecule has 0 saturated heterocycles. The molecule has 6 nitrogen and oxygen atoms in total. The zero-order chi connectivity index (χ0) is 13.2. The lowest BCUT2D eigenvalue weighted by Gasteiger charge is -2.31. The molecular weight excluding hydrogens is 274 g/mol. The fraction of sp³-hybridized carbons (Fsp3) is 0.700. The summed E-state index contributed by atoms with van der Waals surface area (Å²) in [5.74, 6) is 0. The number of nitrogens with one attached hydrogen (secondary N) is 1. The molecule has 0 spiro atoms. The van der Waals surface area contributed by atoms with E-state index in [-0.39, 0.29) is 4.21 Å². The molecule has 0 unspecified atom stereocenters. The van der Waals surface area contributed by atoms with Crippen molar-refractivity contribution in [3.05, 3.63) is 6.20 Å². The smallest absolute Gasteiger partial charge is 0.249 e. The molecule has 0 atom stereocenters. The zero-order valence-corrected chi connectivity index (χ0v) is 11.6. The number of aliphatic hydroxyl groups is 1. The van der Waals surface area contributed by atoms with Crippen LogP contribution in [0.15, 0.2) is 10.4 Å². The molecule has 4 N–H and O–H groups in total. The molecule has 1 aliphatic rings. The fourth-order valence-electron chi connectivity index (χ4n) is 2.10. The maximum Gasteiger partial charge on any atom is 0.249 e. The first-order valence-corrected chi connectivity index (χ1v) is 8.20. The molecule has 2 rings (SSSR count). The van der Waals surface area contributed by atoms with Crippen LogP contribution in [0.2, 0.25) is 0 Å². The van der Waals surface area contributed by atoms with E-state index in [1.165, 1.54) is 6.20 Å². The minimum absolute atomic E-state index is 0.0284. The van der Waals surface area contributed by atoms with Gasteiger partial charge in [-0.05, 0) is 12.8 Å². The van der Waals surface area contributed by atoms with E-state index >= 15 is 0 Å². The zero-order valence-electron chi connectivity index (χ0n) is 9.92. The second-order valence-electron chi connectivity index (χ2n) is 4.67. The summed E-state index contributed by atoms with van der Waals surface area (Å²) in [5.41, 5.74) is -0.703. The molecule has 0 aromatic carbocycles. The van der Waals surface area contributed by atoms with E-state index in [0.29, 0.717) is 11.7 Å². The highest BCUT2D eigenvalue weighted by Gasteiger charge is 2.29. The van der Waals surface area contributed by atoms with Crippen molar-refractivity contribution in [1.29, 1.82) is 0 Å². The number of hydrogen-bond donors (Lipinski definition) is 3. The lowest BCUT2D eigenvalue weighted by atomic mass is 9.85. The van der Waals surface area contributed by atoms with E-state index in [0.717, 1.165) is 43.4 Å². The number of nitrogens with zero attached hydrogens (tertiary/aromatic N) is 1. The predicted octanol–water partition coefficient (Wildman–Crippen LogP) is 0.898. The van der Waals surface area contributed by atoms with Crippen LogP contribution in [0.1, 0.15) is 32.1 Å². The number of nitrogens with two attached hydrogens (primary N) is 1. The van der Waals surface area contributed by atoms with Gasteiger partial charge in [0.1, 0.15) is 0 Å². The van der Waals surface area contributed by atoms with Gasteiger partial charge in [0.25, 0.3) is 0 Å². The molecule has 8 heteroatoms. The number of sulfonamides is 1. The van der Waals surface area contributed by atoms with Crippen LogP contribution in [-0.4, -0.2) is 30.7 Å². The molecule has 0 amide bonds. The lowest BCUT2D eigenvalue weighted by Crippen LogP contribution is -2.38. The van der Waals surface area contributed by atoms with Crippen LogP contribution in [-0.2, 0) is 10.0 Å². The number of anilines is 1. The normalized spacial score (nSPS) is 19.7. The molecule has 1 fully saturated rings. The minimum Gasteiger partial charge on any atom is -0.388 e. The van der Waals surface area contributed by atoms with Crippen molar-refractivity contribution in [2.24, 2.45) is 5.14 Å². The van der Waals surface area contributed by atoms with Gasteiger partial charge in [-0.3, -0.25) is 0 Å². The summed E-state index contributed by atoms with van der Waals surface area (Å²) < 4.78 is 22.2. The van der Waals surface area contributed by atoms with Crippen LogP contribution in [0, 0.1) is 0 Å². The Bertz CT molecular complexity index is 506.